The van der Waals surface area contributed by atoms with Gasteiger partial charge in [-0.1, -0.05) is 19.1 Å². The van der Waals surface area contributed by atoms with Crippen LogP contribution in [0.25, 0.3) is 0 Å². The number of carbonyl (C=O) groups is 1. The molecule has 2 aliphatic heterocycles. The third-order valence-corrected chi connectivity index (χ3v) is 4.12. The molecular formula is C16H22N2O3. The Morgan fingerprint density at radius 1 is 1.29 bits per heavy atom. The van der Waals surface area contributed by atoms with Crippen LogP contribution in [0.5, 0.6) is 11.5 Å². The molecule has 1 fully saturated rings. The molecule has 2 heterocycles. The molecule has 1 N–H and O–H groups in total. The van der Waals surface area contributed by atoms with Gasteiger partial charge in [-0.3, -0.25) is 0 Å². The first-order chi connectivity index (χ1) is 10.2. The molecule has 0 bridgehead atoms. The van der Waals surface area contributed by atoms with Crippen molar-refractivity contribution in [2.45, 2.75) is 25.9 Å². The number of para-hydroxylation sites is 2. The van der Waals surface area contributed by atoms with Gasteiger partial charge in [-0.25, -0.2) is 4.79 Å². The summed E-state index contributed by atoms with van der Waals surface area (Å²) >= 11 is 0. The van der Waals surface area contributed by atoms with Crippen molar-refractivity contribution in [1.29, 1.82) is 0 Å². The Balaban J connectivity index is 1.47. The molecule has 114 valence electrons. The van der Waals surface area contributed by atoms with Gasteiger partial charge in [0, 0.05) is 13.1 Å². The number of likely N-dealkylation sites (tertiary alicyclic amines) is 1. The quantitative estimate of drug-likeness (QED) is 0.909. The normalized spacial score (nSPS) is 22.0. The molecule has 2 aliphatic rings. The van der Waals surface area contributed by atoms with Gasteiger partial charge in [-0.15, -0.1) is 0 Å². The number of nitrogens with one attached hydrogen (secondary N) is 1. The average Bonchev–Trinajstić information content (AvgIpc) is 2.53. The maximum Gasteiger partial charge on any atom is 0.317 e. The lowest BCUT2D eigenvalue weighted by atomic mass is 10.00. The van der Waals surface area contributed by atoms with Crippen molar-refractivity contribution in [1.82, 2.24) is 10.2 Å². The Kier molecular flexibility index (Phi) is 4.18. The van der Waals surface area contributed by atoms with Crippen LogP contribution in [0.4, 0.5) is 4.79 Å². The van der Waals surface area contributed by atoms with Crippen LogP contribution in [0.3, 0.4) is 0 Å². The van der Waals surface area contributed by atoms with Crippen LogP contribution < -0.4 is 14.8 Å². The van der Waals surface area contributed by atoms with Crippen molar-refractivity contribution < 1.29 is 14.3 Å². The van der Waals surface area contributed by atoms with Crippen LogP contribution >= 0.6 is 0 Å². The Bertz CT molecular complexity index is 498. The highest BCUT2D eigenvalue weighted by atomic mass is 16.6. The monoisotopic (exact) mass is 290 g/mol. The van der Waals surface area contributed by atoms with Gasteiger partial charge in [0.05, 0.1) is 6.54 Å². The number of hydrogen-bond donors (Lipinski definition) is 1. The second-order valence-electron chi connectivity index (χ2n) is 5.85. The van der Waals surface area contributed by atoms with Gasteiger partial charge >= 0.3 is 6.03 Å². The number of piperidine rings is 1. The number of amides is 2. The van der Waals surface area contributed by atoms with Gasteiger partial charge in [0.2, 0.25) is 0 Å². The van der Waals surface area contributed by atoms with Crippen LogP contribution in [0.2, 0.25) is 0 Å². The van der Waals surface area contributed by atoms with Gasteiger partial charge in [-0.05, 0) is 30.9 Å². The van der Waals surface area contributed by atoms with Crippen LogP contribution in [0.1, 0.15) is 19.8 Å². The number of ether oxygens (including phenoxy) is 2. The molecule has 0 aromatic heterocycles. The first-order valence-corrected chi connectivity index (χ1v) is 7.63. The highest BCUT2D eigenvalue weighted by molar-refractivity contribution is 5.74. The number of nitrogens with zero attached hydrogens (tertiary/aromatic N) is 1. The summed E-state index contributed by atoms with van der Waals surface area (Å²) in [6, 6.07) is 7.61. The number of urea groups is 1. The highest BCUT2D eigenvalue weighted by Gasteiger charge is 2.24. The summed E-state index contributed by atoms with van der Waals surface area (Å²) < 4.78 is 11.5. The number of rotatable bonds is 2. The van der Waals surface area contributed by atoms with Gasteiger partial charge in [0.1, 0.15) is 6.61 Å². The number of carbonyl (C=O) groups excluding carboxylic acids is 1. The molecule has 1 saturated heterocycles. The van der Waals surface area contributed by atoms with E-state index in [1.54, 1.807) is 0 Å². The van der Waals surface area contributed by atoms with Crippen molar-refractivity contribution in [3.63, 3.8) is 0 Å². The Labute approximate surface area is 125 Å². The third-order valence-electron chi connectivity index (χ3n) is 4.12. The van der Waals surface area contributed by atoms with Crippen molar-refractivity contribution in [3.8, 4) is 11.5 Å². The van der Waals surface area contributed by atoms with E-state index < -0.39 is 0 Å². The largest absolute Gasteiger partial charge is 0.486 e. The summed E-state index contributed by atoms with van der Waals surface area (Å²) in [6.07, 6.45) is 2.04. The smallest absolute Gasteiger partial charge is 0.317 e. The molecule has 1 aromatic rings. The van der Waals surface area contributed by atoms with E-state index in [9.17, 15) is 4.79 Å². The van der Waals surface area contributed by atoms with E-state index in [0.717, 1.165) is 43.3 Å². The van der Waals surface area contributed by atoms with E-state index in [0.29, 0.717) is 13.2 Å². The Morgan fingerprint density at radius 2 is 2.00 bits per heavy atom. The standard InChI is InChI=1S/C16H22N2O3/c1-12-6-8-18(9-7-12)16(19)17-10-13-11-20-14-4-2-3-5-15(14)21-13/h2-5,12-13H,6-11H2,1H3,(H,17,19). The molecule has 5 nitrogen and oxygen atoms in total. The molecule has 2 amide bonds. The zero-order valence-electron chi connectivity index (χ0n) is 12.4. The molecule has 1 aromatic carbocycles. The predicted octanol–water partition coefficient (Wildman–Crippen LogP) is 2.27. The van der Waals surface area contributed by atoms with Crippen molar-refractivity contribution in [3.05, 3.63) is 24.3 Å². The van der Waals surface area contributed by atoms with Crippen LogP contribution in [-0.2, 0) is 0 Å². The van der Waals surface area contributed by atoms with Gasteiger partial charge in [-0.2, -0.15) is 0 Å². The van der Waals surface area contributed by atoms with Crippen LogP contribution in [0.15, 0.2) is 24.3 Å². The summed E-state index contributed by atoms with van der Waals surface area (Å²) in [5.74, 6) is 2.24. The van der Waals surface area contributed by atoms with Gasteiger partial charge in [0.15, 0.2) is 17.6 Å². The number of benzene rings is 1. The number of fused-ring (bicyclic) bond motifs is 1. The van der Waals surface area contributed by atoms with Gasteiger partial charge in [0.25, 0.3) is 0 Å². The first-order valence-electron chi connectivity index (χ1n) is 7.63. The van der Waals surface area contributed by atoms with E-state index in [1.807, 2.05) is 29.2 Å². The summed E-state index contributed by atoms with van der Waals surface area (Å²) in [7, 11) is 0. The lowest BCUT2D eigenvalue weighted by molar-refractivity contribution is 0.0893. The van der Waals surface area contributed by atoms with Crippen molar-refractivity contribution in [2.24, 2.45) is 5.92 Å². The van der Waals surface area contributed by atoms with E-state index in [4.69, 9.17) is 9.47 Å². The lowest BCUT2D eigenvalue weighted by Gasteiger charge is -2.31. The van der Waals surface area contributed by atoms with Crippen LogP contribution in [0, 0.1) is 5.92 Å². The van der Waals surface area contributed by atoms with E-state index >= 15 is 0 Å². The fourth-order valence-electron chi connectivity index (χ4n) is 2.69. The molecule has 1 unspecified atom stereocenters. The fraction of sp³-hybridized carbons (Fsp3) is 0.562. The summed E-state index contributed by atoms with van der Waals surface area (Å²) in [4.78, 5) is 14.0. The molecular weight excluding hydrogens is 268 g/mol. The molecule has 21 heavy (non-hydrogen) atoms. The third kappa shape index (κ3) is 3.40. The molecule has 0 aliphatic carbocycles. The second kappa shape index (κ2) is 6.24. The maximum absolute atomic E-state index is 12.1. The molecule has 0 spiro atoms. The predicted molar refractivity (Wildman–Crippen MR) is 79.7 cm³/mol. The first kappa shape index (κ1) is 14.0. The minimum atomic E-state index is -0.132. The van der Waals surface area contributed by atoms with Gasteiger partial charge < -0.3 is 19.7 Å². The lowest BCUT2D eigenvalue weighted by Crippen LogP contribution is -2.48. The minimum Gasteiger partial charge on any atom is -0.486 e. The van der Waals surface area contributed by atoms with Crippen LogP contribution in [-0.4, -0.2) is 43.3 Å². The van der Waals surface area contributed by atoms with E-state index in [2.05, 4.69) is 12.2 Å². The zero-order chi connectivity index (χ0) is 14.7. The molecule has 3 rings (SSSR count). The summed E-state index contributed by atoms with van der Waals surface area (Å²) in [5, 5.41) is 2.95. The summed E-state index contributed by atoms with van der Waals surface area (Å²) in [5.41, 5.74) is 0. The molecule has 1 atom stereocenters. The fourth-order valence-corrected chi connectivity index (χ4v) is 2.69. The zero-order valence-corrected chi connectivity index (χ0v) is 12.4. The van der Waals surface area contributed by atoms with E-state index in [-0.39, 0.29) is 12.1 Å². The Morgan fingerprint density at radius 3 is 2.76 bits per heavy atom. The molecule has 5 heteroatoms. The maximum atomic E-state index is 12.1. The Hall–Kier alpha value is -1.91. The topological polar surface area (TPSA) is 50.8 Å². The minimum absolute atomic E-state index is 0.00404. The van der Waals surface area contributed by atoms with Crippen molar-refractivity contribution >= 4 is 6.03 Å². The highest BCUT2D eigenvalue weighted by Crippen LogP contribution is 2.30. The second-order valence-corrected chi connectivity index (χ2v) is 5.85. The van der Waals surface area contributed by atoms with E-state index in [1.165, 1.54) is 0 Å². The van der Waals surface area contributed by atoms with Crippen molar-refractivity contribution in [2.75, 3.05) is 26.2 Å². The SMILES string of the molecule is CC1CCN(C(=O)NCC2COc3ccccc3O2)CC1. The molecule has 0 saturated carbocycles. The molecule has 0 radical (unpaired) electrons. The average molecular weight is 290 g/mol. The summed E-state index contributed by atoms with van der Waals surface area (Å²) in [6.45, 7) is 4.86. The number of hydrogen-bond acceptors (Lipinski definition) is 3.